The van der Waals surface area contributed by atoms with Gasteiger partial charge in [0.25, 0.3) is 0 Å². The molecule has 0 radical (unpaired) electrons. The van der Waals surface area contributed by atoms with Crippen LogP contribution in [-0.4, -0.2) is 49.7 Å². The fraction of sp³-hybridized carbons (Fsp3) is 0.400. The van der Waals surface area contributed by atoms with Crippen molar-refractivity contribution in [1.29, 1.82) is 0 Å². The molecule has 0 amide bonds. The van der Waals surface area contributed by atoms with E-state index in [9.17, 15) is 19.8 Å². The molecule has 0 saturated carbocycles. The van der Waals surface area contributed by atoms with Crippen LogP contribution in [0, 0.1) is 0 Å². The van der Waals surface area contributed by atoms with E-state index in [1.807, 2.05) is 0 Å². The molecule has 0 spiro atoms. The predicted molar refractivity (Wildman–Crippen MR) is 54.6 cm³/mol. The Hall–Kier alpha value is -0.320. The molecule has 0 bridgehead atoms. The molecule has 0 heterocycles. The number of carboxylic acid groups (broad SMARTS) is 2. The van der Waals surface area contributed by atoms with E-state index in [0.717, 1.165) is 0 Å². The molecule has 0 unspecified atom stereocenters. The molecule has 0 N–H and O–H groups in total. The van der Waals surface area contributed by atoms with E-state index in [-0.39, 0.29) is 48.9 Å². The van der Waals surface area contributed by atoms with Crippen molar-refractivity contribution in [3.05, 3.63) is 23.3 Å². The van der Waals surface area contributed by atoms with Crippen LogP contribution >= 0.6 is 0 Å². The van der Waals surface area contributed by atoms with Crippen molar-refractivity contribution in [1.82, 2.24) is 0 Å². The Morgan fingerprint density at radius 2 is 1.07 bits per heavy atom. The van der Waals surface area contributed by atoms with Crippen LogP contribution in [0.25, 0.3) is 0 Å². The van der Waals surface area contributed by atoms with Crippen molar-refractivity contribution < 1.29 is 19.8 Å². The maximum absolute atomic E-state index is 9.75. The fourth-order valence-corrected chi connectivity index (χ4v) is 0.236. The summed E-state index contributed by atoms with van der Waals surface area (Å²) in [6, 6.07) is 0. The minimum absolute atomic E-state index is 0. The van der Waals surface area contributed by atoms with E-state index >= 15 is 0 Å². The summed E-state index contributed by atoms with van der Waals surface area (Å²) in [7, 11) is 0. The summed E-state index contributed by atoms with van der Waals surface area (Å²) in [4.78, 5) is 19.5. The molecule has 5 heteroatoms. The average Bonchev–Trinajstić information content (AvgIpc) is 2.15. The van der Waals surface area contributed by atoms with Crippen molar-refractivity contribution >= 4 is 49.7 Å². The number of carboxylic acids is 2. The molecule has 80 valence electrons. The van der Waals surface area contributed by atoms with Crippen molar-refractivity contribution in [2.24, 2.45) is 0 Å². The molecule has 0 aliphatic heterocycles. The van der Waals surface area contributed by atoms with E-state index in [2.05, 4.69) is 0 Å². The summed E-state index contributed by atoms with van der Waals surface area (Å²) in [6.07, 6.45) is 2.99. The predicted octanol–water partition coefficient (Wildman–Crippen LogP) is -0.976. The minimum atomic E-state index is -1.09. The van der Waals surface area contributed by atoms with Gasteiger partial charge in [0.2, 0.25) is 0 Å². The largest absolute Gasteiger partial charge is 2.00 e. The van der Waals surface area contributed by atoms with Gasteiger partial charge in [-0.25, -0.2) is 0 Å². The average molecular weight is 238 g/mol. The van der Waals surface area contributed by atoms with Crippen LogP contribution in [0.5, 0.6) is 0 Å². The second-order valence-corrected chi connectivity index (χ2v) is 2.52. The van der Waals surface area contributed by atoms with Crippen LogP contribution in [0.2, 0.25) is 0 Å². The third kappa shape index (κ3) is 13.7. The van der Waals surface area contributed by atoms with Crippen LogP contribution in [0.3, 0.4) is 0 Å². The van der Waals surface area contributed by atoms with Gasteiger partial charge in [-0.15, -0.1) is 0 Å². The maximum atomic E-state index is 9.75. The smallest absolute Gasteiger partial charge is 0.545 e. The van der Waals surface area contributed by atoms with Gasteiger partial charge in [0.1, 0.15) is 0 Å². The third-order valence-corrected chi connectivity index (χ3v) is 1.51. The first kappa shape index (κ1) is 20.1. The summed E-state index contributed by atoms with van der Waals surface area (Å²) < 4.78 is 0. The topological polar surface area (TPSA) is 80.3 Å². The standard InChI is InChI=1S/2C5H8O2.Ca/c2*1-3-4(2)5(6)7;/h2*3H,1-2H3,(H,6,7);/q;;+2/p-2/b2*4-3+;. The number of allylic oxidation sites excluding steroid dienone is 2. The Kier molecular flexibility index (Phi) is 15.8. The molecule has 15 heavy (non-hydrogen) atoms. The molecule has 0 atom stereocenters. The summed E-state index contributed by atoms with van der Waals surface area (Å²) >= 11 is 0. The Morgan fingerprint density at radius 1 is 0.867 bits per heavy atom. The number of carbonyl (C=O) groups excluding carboxylic acids is 2. The van der Waals surface area contributed by atoms with Crippen molar-refractivity contribution in [3.63, 3.8) is 0 Å². The van der Waals surface area contributed by atoms with Crippen LogP contribution in [-0.2, 0) is 9.59 Å². The van der Waals surface area contributed by atoms with Gasteiger partial charge in [-0.3, -0.25) is 0 Å². The van der Waals surface area contributed by atoms with Gasteiger partial charge >= 0.3 is 37.7 Å². The van der Waals surface area contributed by atoms with E-state index in [0.29, 0.717) is 0 Å². The molecule has 0 fully saturated rings. The summed E-state index contributed by atoms with van der Waals surface area (Å²) in [6.45, 7) is 6.31. The van der Waals surface area contributed by atoms with Gasteiger partial charge in [0.15, 0.2) is 0 Å². The molecule has 0 aromatic carbocycles. The van der Waals surface area contributed by atoms with Gasteiger partial charge in [-0.2, -0.15) is 0 Å². The molecule has 4 nitrogen and oxygen atoms in total. The Balaban J connectivity index is -0.000000180. The van der Waals surface area contributed by atoms with Crippen LogP contribution < -0.4 is 10.2 Å². The SMILES string of the molecule is C/C=C(\C)C(=O)[O-].C/C=C(\C)C(=O)[O-].[Ca+2]. The van der Waals surface area contributed by atoms with Crippen LogP contribution in [0.15, 0.2) is 23.3 Å². The van der Waals surface area contributed by atoms with E-state index in [1.54, 1.807) is 13.8 Å². The van der Waals surface area contributed by atoms with Crippen molar-refractivity contribution in [3.8, 4) is 0 Å². The van der Waals surface area contributed by atoms with E-state index in [4.69, 9.17) is 0 Å². The zero-order valence-corrected chi connectivity index (χ0v) is 11.7. The normalized spacial score (nSPS) is 10.7. The third-order valence-electron chi connectivity index (χ3n) is 1.51. The summed E-state index contributed by atoms with van der Waals surface area (Å²) in [5, 5.41) is 19.5. The molecular weight excluding hydrogens is 224 g/mol. The summed E-state index contributed by atoms with van der Waals surface area (Å²) in [5.41, 5.74) is 0.556. The molecule has 0 aromatic heterocycles. The molecule has 0 saturated heterocycles. The zero-order chi connectivity index (χ0) is 11.7. The minimum Gasteiger partial charge on any atom is -0.545 e. The number of carbonyl (C=O) groups is 2. The van der Waals surface area contributed by atoms with E-state index < -0.39 is 11.9 Å². The van der Waals surface area contributed by atoms with Gasteiger partial charge in [-0.05, 0) is 38.8 Å². The van der Waals surface area contributed by atoms with Crippen LogP contribution in [0.1, 0.15) is 27.7 Å². The van der Waals surface area contributed by atoms with Crippen molar-refractivity contribution in [2.45, 2.75) is 27.7 Å². The molecule has 0 rings (SSSR count). The van der Waals surface area contributed by atoms with Gasteiger partial charge in [-0.1, -0.05) is 12.2 Å². The second-order valence-electron chi connectivity index (χ2n) is 2.52. The van der Waals surface area contributed by atoms with E-state index in [1.165, 1.54) is 26.0 Å². The zero-order valence-electron chi connectivity index (χ0n) is 9.49. The van der Waals surface area contributed by atoms with Crippen LogP contribution in [0.4, 0.5) is 0 Å². The molecule has 0 aromatic rings. The van der Waals surface area contributed by atoms with Gasteiger partial charge < -0.3 is 19.8 Å². The molecule has 0 aliphatic carbocycles. The Morgan fingerprint density at radius 3 is 1.07 bits per heavy atom. The maximum Gasteiger partial charge on any atom is 2.00 e. The summed E-state index contributed by atoms with van der Waals surface area (Å²) in [5.74, 6) is -2.19. The number of aliphatic carboxylic acids is 2. The quantitative estimate of drug-likeness (QED) is 0.457. The first-order chi connectivity index (χ1) is 6.36. The fourth-order valence-electron chi connectivity index (χ4n) is 0.236. The number of hydrogen-bond acceptors (Lipinski definition) is 4. The second kappa shape index (κ2) is 11.8. The van der Waals surface area contributed by atoms with Gasteiger partial charge in [0.05, 0.1) is 11.9 Å². The number of hydrogen-bond donors (Lipinski definition) is 0. The first-order valence-corrected chi connectivity index (χ1v) is 4.05. The molecular formula is C10H14CaO4. The van der Waals surface area contributed by atoms with Crippen molar-refractivity contribution in [2.75, 3.05) is 0 Å². The first-order valence-electron chi connectivity index (χ1n) is 4.05. The number of rotatable bonds is 2. The Labute approximate surface area is 120 Å². The monoisotopic (exact) mass is 238 g/mol. The van der Waals surface area contributed by atoms with Gasteiger partial charge in [0, 0.05) is 0 Å². The Bertz CT molecular complexity index is 239. The molecule has 0 aliphatic rings.